The van der Waals surface area contributed by atoms with Crippen LogP contribution in [-0.4, -0.2) is 10.8 Å². The highest BCUT2D eigenvalue weighted by Gasteiger charge is 2.14. The van der Waals surface area contributed by atoms with Gasteiger partial charge in [0.15, 0.2) is 0 Å². The largest absolute Gasteiger partial charge is 0.457 e. The van der Waals surface area contributed by atoms with Gasteiger partial charge in [-0.05, 0) is 61.4 Å². The number of hydrogen-bond donors (Lipinski definition) is 0. The Labute approximate surface area is 165 Å². The average molecular weight is 379 g/mol. The molecule has 1 aromatic heterocycles. The van der Waals surface area contributed by atoms with Gasteiger partial charge in [-0.25, -0.2) is 0 Å². The number of rotatable bonds is 5. The zero-order valence-electron chi connectivity index (χ0n) is 15.2. The second-order valence-electron chi connectivity index (χ2n) is 7.00. The van der Waals surface area contributed by atoms with Gasteiger partial charge in [0.05, 0.1) is 5.69 Å². The first-order valence-electron chi connectivity index (χ1n) is 9.51. The van der Waals surface area contributed by atoms with Crippen molar-refractivity contribution in [3.8, 4) is 11.5 Å². The predicted octanol–water partition coefficient (Wildman–Crippen LogP) is 7.19. The van der Waals surface area contributed by atoms with E-state index in [9.17, 15) is 0 Å². The van der Waals surface area contributed by atoms with Crippen LogP contribution in [0.5, 0.6) is 11.5 Å². The molecule has 1 saturated carbocycles. The van der Waals surface area contributed by atoms with E-state index in [1.807, 2.05) is 48.7 Å². The Balaban J connectivity index is 1.38. The molecule has 0 spiro atoms. The molecule has 0 atom stereocenters. The minimum atomic E-state index is 0.656. The van der Waals surface area contributed by atoms with Gasteiger partial charge in [-0.15, -0.1) is 0 Å². The number of halogens is 1. The van der Waals surface area contributed by atoms with Gasteiger partial charge in [-0.3, -0.25) is 4.99 Å². The molecule has 2 aromatic carbocycles. The fraction of sp³-hybridized carbons (Fsp3) is 0.261. The highest BCUT2D eigenvalue weighted by atomic mass is 35.5. The van der Waals surface area contributed by atoms with Gasteiger partial charge in [-0.1, -0.05) is 36.9 Å². The summed E-state index contributed by atoms with van der Waals surface area (Å²) in [5, 5.41) is 0.661. The predicted molar refractivity (Wildman–Crippen MR) is 112 cm³/mol. The van der Waals surface area contributed by atoms with Gasteiger partial charge in [0.25, 0.3) is 0 Å². The number of hydrogen-bond acceptors (Lipinski definition) is 2. The molecule has 138 valence electrons. The molecular formula is C23H23ClN2O. The van der Waals surface area contributed by atoms with E-state index >= 15 is 0 Å². The van der Waals surface area contributed by atoms with E-state index in [1.165, 1.54) is 32.1 Å². The molecule has 0 N–H and O–H groups in total. The fourth-order valence-electron chi connectivity index (χ4n) is 3.53. The SMILES string of the molecule is Clc1cccc(Oc2ccc(N=Cc3ccn(C4CCCCC4)c3)cc2)c1. The summed E-state index contributed by atoms with van der Waals surface area (Å²) >= 11 is 5.99. The Morgan fingerprint density at radius 2 is 1.78 bits per heavy atom. The molecule has 0 unspecified atom stereocenters. The van der Waals surface area contributed by atoms with Crippen LogP contribution in [0.2, 0.25) is 5.02 Å². The van der Waals surface area contributed by atoms with Gasteiger partial charge < -0.3 is 9.30 Å². The fourth-order valence-corrected chi connectivity index (χ4v) is 3.71. The minimum absolute atomic E-state index is 0.656. The van der Waals surface area contributed by atoms with Crippen molar-refractivity contribution in [2.24, 2.45) is 4.99 Å². The van der Waals surface area contributed by atoms with Crippen molar-refractivity contribution in [2.45, 2.75) is 38.1 Å². The highest BCUT2D eigenvalue weighted by molar-refractivity contribution is 6.30. The van der Waals surface area contributed by atoms with Crippen LogP contribution in [-0.2, 0) is 0 Å². The first-order chi connectivity index (χ1) is 13.3. The van der Waals surface area contributed by atoms with E-state index in [0.717, 1.165) is 22.7 Å². The van der Waals surface area contributed by atoms with E-state index in [2.05, 4.69) is 28.0 Å². The first-order valence-corrected chi connectivity index (χ1v) is 9.89. The van der Waals surface area contributed by atoms with E-state index in [4.69, 9.17) is 16.3 Å². The summed E-state index contributed by atoms with van der Waals surface area (Å²) in [6.45, 7) is 0. The number of aromatic nitrogens is 1. The number of nitrogens with zero attached hydrogens (tertiary/aromatic N) is 2. The van der Waals surface area contributed by atoms with Crippen LogP contribution < -0.4 is 4.74 Å². The number of ether oxygens (including phenoxy) is 1. The van der Waals surface area contributed by atoms with Crippen molar-refractivity contribution in [1.29, 1.82) is 0 Å². The molecule has 1 fully saturated rings. The summed E-state index contributed by atoms with van der Waals surface area (Å²) in [4.78, 5) is 4.58. The third-order valence-corrected chi connectivity index (χ3v) is 5.20. The van der Waals surface area contributed by atoms with Gasteiger partial charge in [-0.2, -0.15) is 0 Å². The molecule has 0 saturated heterocycles. The number of benzene rings is 2. The summed E-state index contributed by atoms with van der Waals surface area (Å²) in [5.74, 6) is 1.49. The molecule has 3 nitrogen and oxygen atoms in total. The zero-order valence-corrected chi connectivity index (χ0v) is 16.0. The van der Waals surface area contributed by atoms with Crippen LogP contribution in [0.25, 0.3) is 0 Å². The normalized spacial score (nSPS) is 15.3. The molecule has 0 aliphatic heterocycles. The highest BCUT2D eigenvalue weighted by Crippen LogP contribution is 2.29. The Hall–Kier alpha value is -2.52. The minimum Gasteiger partial charge on any atom is -0.457 e. The van der Waals surface area contributed by atoms with Crippen LogP contribution in [0.15, 0.2) is 72.0 Å². The van der Waals surface area contributed by atoms with Crippen LogP contribution in [0.1, 0.15) is 43.7 Å². The molecule has 4 heteroatoms. The molecule has 1 heterocycles. The third-order valence-electron chi connectivity index (χ3n) is 4.96. The Kier molecular flexibility index (Phi) is 5.59. The maximum atomic E-state index is 5.99. The van der Waals surface area contributed by atoms with Crippen molar-refractivity contribution in [3.05, 3.63) is 77.6 Å². The van der Waals surface area contributed by atoms with Crippen molar-refractivity contribution in [3.63, 3.8) is 0 Å². The zero-order chi connectivity index (χ0) is 18.5. The molecule has 27 heavy (non-hydrogen) atoms. The molecule has 0 radical (unpaired) electrons. The van der Waals surface area contributed by atoms with Crippen LogP contribution in [0.4, 0.5) is 5.69 Å². The maximum Gasteiger partial charge on any atom is 0.128 e. The van der Waals surface area contributed by atoms with Gasteiger partial charge >= 0.3 is 0 Å². The molecule has 1 aliphatic carbocycles. The lowest BCUT2D eigenvalue weighted by molar-refractivity contribution is 0.354. The molecular weight excluding hydrogens is 356 g/mol. The summed E-state index contributed by atoms with van der Waals surface area (Å²) in [6.07, 6.45) is 13.0. The lowest BCUT2D eigenvalue weighted by Crippen LogP contribution is -2.10. The monoisotopic (exact) mass is 378 g/mol. The van der Waals surface area contributed by atoms with Crippen molar-refractivity contribution in [1.82, 2.24) is 4.57 Å². The smallest absolute Gasteiger partial charge is 0.128 e. The van der Waals surface area contributed by atoms with E-state index in [-0.39, 0.29) is 0 Å². The molecule has 4 rings (SSSR count). The summed E-state index contributed by atoms with van der Waals surface area (Å²) in [7, 11) is 0. The quantitative estimate of drug-likeness (QED) is 0.431. The summed E-state index contributed by atoms with van der Waals surface area (Å²) < 4.78 is 8.16. The Bertz CT molecular complexity index is 908. The molecule has 1 aliphatic rings. The number of aliphatic imine (C=N–C) groups is 1. The molecule has 3 aromatic rings. The maximum absolute atomic E-state index is 5.99. The topological polar surface area (TPSA) is 26.5 Å². The Morgan fingerprint density at radius 1 is 0.963 bits per heavy atom. The van der Waals surface area contributed by atoms with Crippen molar-refractivity contribution < 1.29 is 4.74 Å². The van der Waals surface area contributed by atoms with E-state index < -0.39 is 0 Å². The first kappa shape index (κ1) is 17.9. The van der Waals surface area contributed by atoms with Gasteiger partial charge in [0, 0.05) is 35.2 Å². The van der Waals surface area contributed by atoms with Crippen LogP contribution in [0.3, 0.4) is 0 Å². The lowest BCUT2D eigenvalue weighted by atomic mass is 9.95. The van der Waals surface area contributed by atoms with E-state index in [0.29, 0.717) is 11.1 Å². The van der Waals surface area contributed by atoms with Crippen molar-refractivity contribution >= 4 is 23.5 Å². The van der Waals surface area contributed by atoms with Gasteiger partial charge in [0.2, 0.25) is 0 Å². The van der Waals surface area contributed by atoms with Crippen molar-refractivity contribution in [2.75, 3.05) is 0 Å². The second-order valence-corrected chi connectivity index (χ2v) is 7.43. The standard InChI is InChI=1S/C23H23ClN2O/c24-19-5-4-8-23(15-19)27-22-11-9-20(10-12-22)25-16-18-13-14-26(17-18)21-6-2-1-3-7-21/h4-5,8-17,21H,1-3,6-7H2. The van der Waals surface area contributed by atoms with Crippen LogP contribution in [0, 0.1) is 0 Å². The summed E-state index contributed by atoms with van der Waals surface area (Å²) in [5.41, 5.74) is 2.04. The van der Waals surface area contributed by atoms with Gasteiger partial charge in [0.1, 0.15) is 11.5 Å². The molecule has 0 bridgehead atoms. The second kappa shape index (κ2) is 8.45. The summed E-state index contributed by atoms with van der Waals surface area (Å²) in [6, 6.07) is 17.9. The Morgan fingerprint density at radius 3 is 2.56 bits per heavy atom. The third kappa shape index (κ3) is 4.81. The average Bonchev–Trinajstić information content (AvgIpc) is 3.17. The van der Waals surface area contributed by atoms with E-state index in [1.54, 1.807) is 6.07 Å². The molecule has 0 amide bonds. The lowest BCUT2D eigenvalue weighted by Gasteiger charge is -2.23. The van der Waals surface area contributed by atoms with Crippen LogP contribution >= 0.6 is 11.6 Å².